The van der Waals surface area contributed by atoms with Gasteiger partial charge in [-0.25, -0.2) is 0 Å². The Bertz CT molecular complexity index is 225. The summed E-state index contributed by atoms with van der Waals surface area (Å²) in [6, 6.07) is 0. The minimum Gasteiger partial charge on any atom is -0.0883 e. The summed E-state index contributed by atoms with van der Waals surface area (Å²) in [5.41, 5.74) is 0. The van der Waals surface area contributed by atoms with Crippen molar-refractivity contribution in [1.29, 1.82) is 0 Å². The Balaban J connectivity index is 0.000000299. The summed E-state index contributed by atoms with van der Waals surface area (Å²) < 4.78 is 0. The van der Waals surface area contributed by atoms with Crippen molar-refractivity contribution in [2.45, 2.75) is 118 Å². The lowest BCUT2D eigenvalue weighted by Gasteiger charge is -2.15. The van der Waals surface area contributed by atoms with Gasteiger partial charge in [0.25, 0.3) is 0 Å². The zero-order chi connectivity index (χ0) is 17.3. The van der Waals surface area contributed by atoms with Gasteiger partial charge in [-0.3, -0.25) is 0 Å². The molecule has 0 bridgehead atoms. The maximum Gasteiger partial charge on any atom is -0.0262 e. The highest BCUT2D eigenvalue weighted by Crippen LogP contribution is 2.22. The van der Waals surface area contributed by atoms with Crippen molar-refractivity contribution >= 4 is 0 Å². The molecule has 1 unspecified atom stereocenters. The molecule has 0 aliphatic heterocycles. The molecule has 3 aliphatic carbocycles. The van der Waals surface area contributed by atoms with E-state index in [-0.39, 0.29) is 0 Å². The molecule has 0 N–H and O–H groups in total. The molecule has 3 rings (SSSR count). The molecular weight excluding hydrogens is 276 g/mol. The lowest BCUT2D eigenvalue weighted by Crippen LogP contribution is -1.99. The fourth-order valence-corrected chi connectivity index (χ4v) is 3.60. The Morgan fingerprint density at radius 1 is 0.565 bits per heavy atom. The summed E-state index contributed by atoms with van der Waals surface area (Å²) in [5.74, 6) is 2.93. The van der Waals surface area contributed by atoms with E-state index < -0.39 is 0 Å². The van der Waals surface area contributed by atoms with Gasteiger partial charge in [-0.15, -0.1) is 0 Å². The smallest absolute Gasteiger partial charge is 0.0262 e. The van der Waals surface area contributed by atoms with Crippen molar-refractivity contribution in [3.63, 3.8) is 0 Å². The zero-order valence-electron chi connectivity index (χ0n) is 17.1. The van der Waals surface area contributed by atoms with Gasteiger partial charge in [0.2, 0.25) is 0 Å². The van der Waals surface area contributed by atoms with E-state index in [1.807, 2.05) is 13.8 Å². The van der Waals surface area contributed by atoms with E-state index in [0.29, 0.717) is 0 Å². The van der Waals surface area contributed by atoms with Gasteiger partial charge in [-0.2, -0.15) is 0 Å². The van der Waals surface area contributed by atoms with E-state index >= 15 is 0 Å². The van der Waals surface area contributed by atoms with Gasteiger partial charge in [0.1, 0.15) is 0 Å². The van der Waals surface area contributed by atoms with Crippen LogP contribution < -0.4 is 0 Å². The molecule has 0 amide bonds. The zero-order valence-corrected chi connectivity index (χ0v) is 17.1. The molecule has 23 heavy (non-hydrogen) atoms. The van der Waals surface area contributed by atoms with Crippen LogP contribution in [0.3, 0.4) is 0 Å². The standard InChI is InChI=1S/2C7H14.C7H12.C2H6/c3*1-7-5-3-2-4-6-7;1-2/h2*7H,2-6H2,1H3;3,5,7H,2,4,6H2,1H3;1-2H3. The molecule has 0 heteroatoms. The van der Waals surface area contributed by atoms with E-state index in [0.717, 1.165) is 17.8 Å². The second-order valence-electron chi connectivity index (χ2n) is 7.82. The van der Waals surface area contributed by atoms with Crippen LogP contribution in [0.4, 0.5) is 0 Å². The Hall–Kier alpha value is -0.260. The van der Waals surface area contributed by atoms with Crippen LogP contribution in [0.15, 0.2) is 12.2 Å². The van der Waals surface area contributed by atoms with Gasteiger partial charge in [-0.1, -0.05) is 111 Å². The summed E-state index contributed by atoms with van der Waals surface area (Å²) in [6.07, 6.45) is 23.6. The largest absolute Gasteiger partial charge is 0.0883 e. The lowest BCUT2D eigenvalue weighted by molar-refractivity contribution is 0.385. The van der Waals surface area contributed by atoms with E-state index in [1.165, 1.54) is 83.5 Å². The second-order valence-corrected chi connectivity index (χ2v) is 7.82. The van der Waals surface area contributed by atoms with Crippen molar-refractivity contribution < 1.29 is 0 Å². The number of hydrogen-bond donors (Lipinski definition) is 0. The molecule has 3 aliphatic rings. The summed E-state index contributed by atoms with van der Waals surface area (Å²) in [6.45, 7) is 11.0. The van der Waals surface area contributed by atoms with Crippen molar-refractivity contribution in [3.05, 3.63) is 12.2 Å². The van der Waals surface area contributed by atoms with Crippen LogP contribution in [0, 0.1) is 17.8 Å². The highest BCUT2D eigenvalue weighted by atomic mass is 14.1. The molecule has 2 saturated carbocycles. The average molecular weight is 323 g/mol. The molecule has 0 spiro atoms. The summed E-state index contributed by atoms with van der Waals surface area (Å²) >= 11 is 0. The predicted molar refractivity (Wildman–Crippen MR) is 108 cm³/mol. The molecular formula is C23H46. The first-order valence-electron chi connectivity index (χ1n) is 10.8. The van der Waals surface area contributed by atoms with E-state index in [9.17, 15) is 0 Å². The minimum atomic E-state index is 0.855. The molecule has 0 nitrogen and oxygen atoms in total. The molecule has 0 aromatic carbocycles. The number of hydrogen-bond acceptors (Lipinski definition) is 0. The van der Waals surface area contributed by atoms with Crippen molar-refractivity contribution in [2.75, 3.05) is 0 Å². The molecule has 0 aromatic heterocycles. The van der Waals surface area contributed by atoms with Gasteiger partial charge in [0.15, 0.2) is 0 Å². The van der Waals surface area contributed by atoms with E-state index in [1.54, 1.807) is 0 Å². The van der Waals surface area contributed by atoms with Crippen LogP contribution in [0.25, 0.3) is 0 Å². The first kappa shape index (κ1) is 22.7. The van der Waals surface area contributed by atoms with Crippen LogP contribution in [-0.4, -0.2) is 0 Å². The van der Waals surface area contributed by atoms with Crippen molar-refractivity contribution in [2.24, 2.45) is 17.8 Å². The predicted octanol–water partition coefficient (Wildman–Crippen LogP) is 8.56. The Morgan fingerprint density at radius 2 is 1.00 bits per heavy atom. The third-order valence-electron chi connectivity index (χ3n) is 5.28. The molecule has 138 valence electrons. The molecule has 2 fully saturated rings. The number of rotatable bonds is 0. The van der Waals surface area contributed by atoms with E-state index in [2.05, 4.69) is 32.9 Å². The summed E-state index contributed by atoms with van der Waals surface area (Å²) in [4.78, 5) is 0. The fourth-order valence-electron chi connectivity index (χ4n) is 3.60. The van der Waals surface area contributed by atoms with Gasteiger partial charge < -0.3 is 0 Å². The maximum atomic E-state index is 2.36. The van der Waals surface area contributed by atoms with Gasteiger partial charge in [0, 0.05) is 0 Å². The topological polar surface area (TPSA) is 0 Å². The second kappa shape index (κ2) is 16.6. The van der Waals surface area contributed by atoms with Gasteiger partial charge in [-0.05, 0) is 37.0 Å². The highest BCUT2D eigenvalue weighted by Gasteiger charge is 2.06. The Labute approximate surface area is 148 Å². The minimum absolute atomic E-state index is 0.855. The summed E-state index contributed by atoms with van der Waals surface area (Å²) in [5, 5.41) is 0. The Morgan fingerprint density at radius 3 is 1.17 bits per heavy atom. The van der Waals surface area contributed by atoms with Crippen LogP contribution in [0.5, 0.6) is 0 Å². The van der Waals surface area contributed by atoms with Crippen LogP contribution in [-0.2, 0) is 0 Å². The van der Waals surface area contributed by atoms with Gasteiger partial charge >= 0.3 is 0 Å². The normalized spacial score (nSPS) is 25.0. The molecule has 1 atom stereocenters. The highest BCUT2D eigenvalue weighted by molar-refractivity contribution is 4.90. The first-order chi connectivity index (χ1) is 11.2. The average Bonchev–Trinajstić information content (AvgIpc) is 2.60. The SMILES string of the molecule is CC.CC1C=CCCC1.CC1CCCCC1.CC1CCCCC1. The molecule has 0 saturated heterocycles. The number of allylic oxidation sites excluding steroid dienone is 2. The fraction of sp³-hybridized carbons (Fsp3) is 0.913. The monoisotopic (exact) mass is 322 g/mol. The van der Waals surface area contributed by atoms with Crippen LogP contribution in [0.1, 0.15) is 118 Å². The maximum absolute atomic E-state index is 2.36. The van der Waals surface area contributed by atoms with Crippen LogP contribution >= 0.6 is 0 Å². The Kier molecular flexibility index (Phi) is 16.4. The van der Waals surface area contributed by atoms with E-state index in [4.69, 9.17) is 0 Å². The molecule has 0 heterocycles. The summed E-state index contributed by atoms with van der Waals surface area (Å²) in [7, 11) is 0. The molecule has 0 aromatic rings. The quantitative estimate of drug-likeness (QED) is 0.392. The van der Waals surface area contributed by atoms with Crippen molar-refractivity contribution in [3.8, 4) is 0 Å². The molecule has 0 radical (unpaired) electrons. The van der Waals surface area contributed by atoms with Gasteiger partial charge in [0.05, 0.1) is 0 Å². The third-order valence-corrected chi connectivity index (χ3v) is 5.28. The van der Waals surface area contributed by atoms with Crippen molar-refractivity contribution in [1.82, 2.24) is 0 Å². The van der Waals surface area contributed by atoms with Crippen LogP contribution in [0.2, 0.25) is 0 Å². The first-order valence-corrected chi connectivity index (χ1v) is 10.8. The lowest BCUT2D eigenvalue weighted by atomic mass is 9.91. The third kappa shape index (κ3) is 15.0.